The number of hydrogen-bond donors (Lipinski definition) is 1. The monoisotopic (exact) mass is 510 g/mol. The van der Waals surface area contributed by atoms with Gasteiger partial charge in [-0.05, 0) is 30.3 Å². The zero-order valence-corrected chi connectivity index (χ0v) is 19.2. The van der Waals surface area contributed by atoms with Gasteiger partial charge in [-0.3, -0.25) is 14.4 Å². The maximum Gasteiger partial charge on any atom is 0.416 e. The molecule has 6 rings (SSSR count). The number of anilines is 2. The number of carbonyl (C=O) groups excluding carboxylic acids is 1. The molecule has 37 heavy (non-hydrogen) atoms. The van der Waals surface area contributed by atoms with Gasteiger partial charge in [-0.25, -0.2) is 9.37 Å². The van der Waals surface area contributed by atoms with Crippen LogP contribution in [0.25, 0.3) is 16.6 Å². The van der Waals surface area contributed by atoms with Crippen LogP contribution >= 0.6 is 0 Å². The van der Waals surface area contributed by atoms with E-state index >= 15 is 4.39 Å². The molecule has 1 aliphatic rings. The summed E-state index contributed by atoms with van der Waals surface area (Å²) >= 11 is 0. The van der Waals surface area contributed by atoms with Crippen molar-refractivity contribution in [3.63, 3.8) is 0 Å². The number of nitrogens with two attached hydrogens (primary N) is 1. The molecule has 2 N–H and O–H groups in total. The zero-order chi connectivity index (χ0) is 26.1. The van der Waals surface area contributed by atoms with E-state index in [-0.39, 0.29) is 29.3 Å². The largest absolute Gasteiger partial charge is 0.491 e. The van der Waals surface area contributed by atoms with E-state index in [2.05, 4.69) is 10.1 Å². The summed E-state index contributed by atoms with van der Waals surface area (Å²) in [7, 11) is 1.65. The molecule has 188 valence electrons. The number of ether oxygens (including phenoxy) is 1. The van der Waals surface area contributed by atoms with Crippen molar-refractivity contribution in [1.29, 1.82) is 0 Å². The number of aryl methyl sites for hydroxylation is 1. The normalized spacial score (nSPS) is 15.2. The van der Waals surface area contributed by atoms with Crippen LogP contribution in [-0.2, 0) is 13.2 Å². The third-order valence-electron chi connectivity index (χ3n) is 6.40. The summed E-state index contributed by atoms with van der Waals surface area (Å²) in [6.45, 7) is -0.119. The van der Waals surface area contributed by atoms with E-state index in [9.17, 15) is 18.0 Å². The van der Waals surface area contributed by atoms with Crippen LogP contribution in [0.15, 0.2) is 61.1 Å². The van der Waals surface area contributed by atoms with Crippen molar-refractivity contribution in [2.45, 2.75) is 12.2 Å². The second-order valence-electron chi connectivity index (χ2n) is 8.71. The van der Waals surface area contributed by atoms with Crippen LogP contribution in [0.2, 0.25) is 0 Å². The Bertz CT molecular complexity index is 1710. The number of carbonyl (C=O) groups is 1. The predicted octanol–water partition coefficient (Wildman–Crippen LogP) is 4.74. The molecule has 1 amide bonds. The Morgan fingerprint density at radius 3 is 2.73 bits per heavy atom. The van der Waals surface area contributed by atoms with Crippen LogP contribution in [-0.4, -0.2) is 31.7 Å². The van der Waals surface area contributed by atoms with Crippen molar-refractivity contribution in [2.75, 3.05) is 17.2 Å². The van der Waals surface area contributed by atoms with E-state index in [0.29, 0.717) is 22.3 Å². The summed E-state index contributed by atoms with van der Waals surface area (Å²) in [6.07, 6.45) is 0.154. The topological polar surface area (TPSA) is 90.7 Å². The lowest BCUT2D eigenvalue weighted by molar-refractivity contribution is -0.137. The molecule has 5 aromatic rings. The summed E-state index contributed by atoms with van der Waals surface area (Å²) in [5.41, 5.74) is 6.88. The molecule has 0 bridgehead atoms. The average molecular weight is 510 g/mol. The first-order valence-electron chi connectivity index (χ1n) is 11.1. The lowest BCUT2D eigenvalue weighted by Crippen LogP contribution is -2.36. The Kier molecular flexibility index (Phi) is 4.90. The van der Waals surface area contributed by atoms with Crippen molar-refractivity contribution in [3.05, 3.63) is 83.6 Å². The maximum absolute atomic E-state index is 15.4. The van der Waals surface area contributed by atoms with Gasteiger partial charge in [0.25, 0.3) is 5.91 Å². The van der Waals surface area contributed by atoms with E-state index in [0.717, 1.165) is 18.2 Å². The first-order chi connectivity index (χ1) is 17.6. The molecule has 1 aliphatic heterocycles. The molecule has 0 saturated carbocycles. The Morgan fingerprint density at radius 1 is 1.19 bits per heavy atom. The lowest BCUT2D eigenvalue weighted by Gasteiger charge is -2.27. The molecule has 0 fully saturated rings. The molecule has 0 spiro atoms. The summed E-state index contributed by atoms with van der Waals surface area (Å²) in [6, 6.07) is 8.31. The number of amides is 1. The number of aromatic nitrogens is 4. The molecule has 4 heterocycles. The van der Waals surface area contributed by atoms with Crippen LogP contribution in [0, 0.1) is 5.82 Å². The third kappa shape index (κ3) is 3.63. The Morgan fingerprint density at radius 2 is 2.00 bits per heavy atom. The van der Waals surface area contributed by atoms with Crippen LogP contribution in [0.4, 0.5) is 29.1 Å². The number of halogens is 4. The van der Waals surface area contributed by atoms with Crippen LogP contribution in [0.1, 0.15) is 27.5 Å². The van der Waals surface area contributed by atoms with Gasteiger partial charge < -0.3 is 14.9 Å². The quantitative estimate of drug-likeness (QED) is 0.354. The SMILES string of the molecule is Cn1cc(N(C(=O)c2cc3c(cc2F)nc(N)c2cccn23)[C@@H]2COc3cc(C(F)(F)F)ccc32)cn1. The molecule has 2 aromatic carbocycles. The average Bonchev–Trinajstić information content (AvgIpc) is 3.59. The second kappa shape index (κ2) is 7.95. The fourth-order valence-corrected chi connectivity index (χ4v) is 4.67. The number of nitrogens with zero attached hydrogens (tertiary/aromatic N) is 5. The van der Waals surface area contributed by atoms with E-state index in [4.69, 9.17) is 10.5 Å². The van der Waals surface area contributed by atoms with Gasteiger partial charge >= 0.3 is 6.18 Å². The number of nitrogen functional groups attached to an aromatic ring is 1. The number of rotatable bonds is 3. The first kappa shape index (κ1) is 22.8. The fourth-order valence-electron chi connectivity index (χ4n) is 4.67. The molecule has 3 aromatic heterocycles. The maximum atomic E-state index is 15.4. The highest BCUT2D eigenvalue weighted by Crippen LogP contribution is 2.42. The number of benzene rings is 2. The minimum absolute atomic E-state index is 0.00854. The minimum Gasteiger partial charge on any atom is -0.491 e. The molecule has 0 aliphatic carbocycles. The van der Waals surface area contributed by atoms with E-state index in [1.165, 1.54) is 27.9 Å². The van der Waals surface area contributed by atoms with E-state index < -0.39 is 29.5 Å². The van der Waals surface area contributed by atoms with Gasteiger partial charge in [0.1, 0.15) is 24.0 Å². The molecular weight excluding hydrogens is 492 g/mol. The molecule has 0 saturated heterocycles. The van der Waals surface area contributed by atoms with Gasteiger partial charge in [0.15, 0.2) is 0 Å². The minimum atomic E-state index is -4.55. The Labute approximate surface area is 206 Å². The number of hydrogen-bond acceptors (Lipinski definition) is 5. The van der Waals surface area contributed by atoms with Crippen molar-refractivity contribution in [1.82, 2.24) is 19.2 Å². The molecule has 12 heteroatoms. The highest BCUT2D eigenvalue weighted by Gasteiger charge is 2.38. The fraction of sp³-hybridized carbons (Fsp3) is 0.160. The molecule has 0 unspecified atom stereocenters. The number of fused-ring (bicyclic) bond motifs is 4. The standard InChI is InChI=1S/C25H18F4N6O2/c1-33-11-14(10-31-33)35(21-12-37-22-7-13(25(27,28)29)4-5-15(21)22)24(36)16-8-20-18(9-17(16)26)32-23(30)19-3-2-6-34(19)20/h2-11,21H,12H2,1H3,(H2,30,32)/t21-/m1/s1. The Balaban J connectivity index is 1.49. The molecule has 8 nitrogen and oxygen atoms in total. The molecule has 1 atom stereocenters. The third-order valence-corrected chi connectivity index (χ3v) is 6.40. The van der Waals surface area contributed by atoms with Crippen LogP contribution < -0.4 is 15.4 Å². The summed E-state index contributed by atoms with van der Waals surface area (Å²) in [4.78, 5) is 19.5. The van der Waals surface area contributed by atoms with E-state index in [1.807, 2.05) is 0 Å². The summed E-state index contributed by atoms with van der Waals surface area (Å²) < 4.78 is 63.8. The van der Waals surface area contributed by atoms with Gasteiger partial charge in [-0.1, -0.05) is 6.07 Å². The summed E-state index contributed by atoms with van der Waals surface area (Å²) in [5.74, 6) is -1.32. The lowest BCUT2D eigenvalue weighted by atomic mass is 10.0. The van der Waals surface area contributed by atoms with Crippen LogP contribution in [0.3, 0.4) is 0 Å². The van der Waals surface area contributed by atoms with Gasteiger partial charge in [0.05, 0.1) is 45.6 Å². The smallest absolute Gasteiger partial charge is 0.416 e. The second-order valence-corrected chi connectivity index (χ2v) is 8.71. The van der Waals surface area contributed by atoms with Gasteiger partial charge in [-0.2, -0.15) is 18.3 Å². The van der Waals surface area contributed by atoms with Crippen molar-refractivity contribution < 1.29 is 27.1 Å². The van der Waals surface area contributed by atoms with Crippen molar-refractivity contribution in [2.24, 2.45) is 7.05 Å². The van der Waals surface area contributed by atoms with Crippen molar-refractivity contribution >= 4 is 34.0 Å². The number of alkyl halides is 3. The Hall–Kier alpha value is -4.61. The predicted molar refractivity (Wildman–Crippen MR) is 127 cm³/mol. The van der Waals surface area contributed by atoms with Crippen molar-refractivity contribution in [3.8, 4) is 5.75 Å². The zero-order valence-electron chi connectivity index (χ0n) is 19.2. The summed E-state index contributed by atoms with van der Waals surface area (Å²) in [5, 5.41) is 4.11. The van der Waals surface area contributed by atoms with Gasteiger partial charge in [0.2, 0.25) is 0 Å². The van der Waals surface area contributed by atoms with Gasteiger partial charge in [0, 0.05) is 31.1 Å². The molecular formula is C25H18F4N6O2. The van der Waals surface area contributed by atoms with Gasteiger partial charge in [-0.15, -0.1) is 0 Å². The van der Waals surface area contributed by atoms with E-state index in [1.54, 1.807) is 36.0 Å². The van der Waals surface area contributed by atoms with Crippen LogP contribution in [0.5, 0.6) is 5.75 Å². The first-order valence-corrected chi connectivity index (χ1v) is 11.1. The highest BCUT2D eigenvalue weighted by molar-refractivity contribution is 6.08. The highest BCUT2D eigenvalue weighted by atomic mass is 19.4. The molecule has 0 radical (unpaired) electrons.